The van der Waals surface area contributed by atoms with Gasteiger partial charge in [0.15, 0.2) is 11.5 Å². The molecule has 0 unspecified atom stereocenters. The van der Waals surface area contributed by atoms with E-state index in [9.17, 15) is 9.59 Å². The summed E-state index contributed by atoms with van der Waals surface area (Å²) in [4.78, 5) is 26.4. The van der Waals surface area contributed by atoms with Crippen LogP contribution in [0.5, 0.6) is 0 Å². The molecule has 0 aliphatic heterocycles. The molecule has 2 heterocycles. The summed E-state index contributed by atoms with van der Waals surface area (Å²) in [5.41, 5.74) is 1.86. The predicted octanol–water partition coefficient (Wildman–Crippen LogP) is 1.39. The zero-order valence-electron chi connectivity index (χ0n) is 9.64. The fourth-order valence-corrected chi connectivity index (χ4v) is 1.49. The number of hydrogen-bond donors (Lipinski definition) is 0. The van der Waals surface area contributed by atoms with Crippen LogP contribution in [0.1, 0.15) is 23.1 Å². The minimum Gasteiger partial charge on any atom is -0.453 e. The van der Waals surface area contributed by atoms with Gasteiger partial charge in [-0.2, -0.15) is 0 Å². The molecular formula is C12H12N2O3. The third-order valence-electron chi connectivity index (χ3n) is 2.31. The first kappa shape index (κ1) is 11.3. The molecule has 0 bridgehead atoms. The molecule has 2 aromatic heterocycles. The maximum Gasteiger partial charge on any atom is 0.359 e. The summed E-state index contributed by atoms with van der Waals surface area (Å²) in [7, 11) is 0. The number of hydrogen-bond acceptors (Lipinski definition) is 4. The summed E-state index contributed by atoms with van der Waals surface area (Å²) in [6.45, 7) is 3.06. The highest BCUT2D eigenvalue weighted by Gasteiger charge is 2.13. The Labute approximate surface area is 98.0 Å². The van der Waals surface area contributed by atoms with Crippen molar-refractivity contribution < 1.29 is 14.3 Å². The van der Waals surface area contributed by atoms with Gasteiger partial charge in [0.05, 0.1) is 0 Å². The van der Waals surface area contributed by atoms with Gasteiger partial charge in [-0.05, 0) is 26.0 Å². The molecule has 0 fully saturated rings. The Morgan fingerprint density at radius 1 is 1.41 bits per heavy atom. The molecular weight excluding hydrogens is 220 g/mol. The Kier molecular flexibility index (Phi) is 2.91. The molecule has 0 spiro atoms. The van der Waals surface area contributed by atoms with Crippen LogP contribution in [0.25, 0.3) is 5.65 Å². The van der Waals surface area contributed by atoms with Gasteiger partial charge in [0.2, 0.25) is 0 Å². The largest absolute Gasteiger partial charge is 0.453 e. The molecule has 0 aromatic carbocycles. The number of rotatable bonds is 3. The van der Waals surface area contributed by atoms with E-state index in [-0.39, 0.29) is 18.1 Å². The van der Waals surface area contributed by atoms with Crippen LogP contribution < -0.4 is 0 Å². The van der Waals surface area contributed by atoms with E-state index in [4.69, 9.17) is 4.74 Å². The molecule has 5 nitrogen and oxygen atoms in total. The van der Waals surface area contributed by atoms with Gasteiger partial charge in [0.1, 0.15) is 12.3 Å². The molecule has 0 atom stereocenters. The third-order valence-corrected chi connectivity index (χ3v) is 2.31. The summed E-state index contributed by atoms with van der Waals surface area (Å²) < 4.78 is 6.59. The van der Waals surface area contributed by atoms with Crippen LogP contribution in [0, 0.1) is 6.92 Å². The molecule has 0 aliphatic rings. The molecule has 88 valence electrons. The van der Waals surface area contributed by atoms with E-state index in [0.29, 0.717) is 5.65 Å². The van der Waals surface area contributed by atoms with Gasteiger partial charge < -0.3 is 9.14 Å². The van der Waals surface area contributed by atoms with Crippen LogP contribution in [-0.2, 0) is 9.53 Å². The van der Waals surface area contributed by atoms with E-state index in [0.717, 1.165) is 5.69 Å². The maximum atomic E-state index is 11.6. The number of pyridine rings is 1. The zero-order valence-corrected chi connectivity index (χ0v) is 9.64. The Morgan fingerprint density at radius 3 is 2.82 bits per heavy atom. The number of aromatic nitrogens is 2. The first-order chi connectivity index (χ1) is 8.08. The standard InChI is InChI=1S/C12H12N2O3/c1-8-4-3-5-11-13-10(6-14(8)11)12(16)17-7-9(2)15/h3-6H,7H2,1-2H3. The van der Waals surface area contributed by atoms with Crippen LogP contribution in [0.15, 0.2) is 24.4 Å². The lowest BCUT2D eigenvalue weighted by Gasteiger charge is -1.97. The quantitative estimate of drug-likeness (QED) is 0.750. The molecule has 17 heavy (non-hydrogen) atoms. The average molecular weight is 232 g/mol. The second-order valence-electron chi connectivity index (χ2n) is 3.80. The van der Waals surface area contributed by atoms with Gasteiger partial charge in [0, 0.05) is 11.9 Å². The van der Waals surface area contributed by atoms with Gasteiger partial charge >= 0.3 is 5.97 Å². The van der Waals surface area contributed by atoms with Gasteiger partial charge in [-0.25, -0.2) is 9.78 Å². The highest BCUT2D eigenvalue weighted by Crippen LogP contribution is 2.09. The Bertz CT molecular complexity index is 586. The second kappa shape index (κ2) is 4.37. The van der Waals surface area contributed by atoms with Crippen molar-refractivity contribution in [2.24, 2.45) is 0 Å². The Hall–Kier alpha value is -2.17. The molecule has 2 aromatic rings. The minimum atomic E-state index is -0.580. The smallest absolute Gasteiger partial charge is 0.359 e. The summed E-state index contributed by atoms with van der Waals surface area (Å²) in [6.07, 6.45) is 1.60. The number of ether oxygens (including phenoxy) is 1. The number of nitrogens with zero attached hydrogens (tertiary/aromatic N) is 2. The van der Waals surface area contributed by atoms with Crippen LogP contribution in [0.4, 0.5) is 0 Å². The van der Waals surface area contributed by atoms with Crippen molar-refractivity contribution in [1.82, 2.24) is 9.38 Å². The van der Waals surface area contributed by atoms with Crippen molar-refractivity contribution in [3.05, 3.63) is 35.8 Å². The number of carbonyl (C=O) groups excluding carboxylic acids is 2. The molecule has 0 aliphatic carbocycles. The lowest BCUT2D eigenvalue weighted by Crippen LogP contribution is -2.11. The highest BCUT2D eigenvalue weighted by molar-refractivity contribution is 5.90. The first-order valence-corrected chi connectivity index (χ1v) is 5.19. The van der Waals surface area contributed by atoms with Crippen LogP contribution in [0.3, 0.4) is 0 Å². The fraction of sp³-hybridized carbons (Fsp3) is 0.250. The van der Waals surface area contributed by atoms with E-state index in [1.807, 2.05) is 19.1 Å². The summed E-state index contributed by atoms with van der Waals surface area (Å²) in [5.74, 6) is -0.776. The molecule has 0 saturated heterocycles. The Morgan fingerprint density at radius 2 is 2.18 bits per heavy atom. The summed E-state index contributed by atoms with van der Waals surface area (Å²) >= 11 is 0. The van der Waals surface area contributed by atoms with Crippen molar-refractivity contribution in [3.8, 4) is 0 Å². The number of imidazole rings is 1. The third kappa shape index (κ3) is 2.33. The lowest BCUT2D eigenvalue weighted by atomic mass is 10.4. The normalized spacial score (nSPS) is 10.5. The summed E-state index contributed by atoms with van der Waals surface area (Å²) in [6, 6.07) is 5.58. The van der Waals surface area contributed by atoms with E-state index in [1.165, 1.54) is 6.92 Å². The van der Waals surface area contributed by atoms with E-state index < -0.39 is 5.97 Å². The topological polar surface area (TPSA) is 60.7 Å². The van der Waals surface area contributed by atoms with Gasteiger partial charge in [-0.1, -0.05) is 6.07 Å². The second-order valence-corrected chi connectivity index (χ2v) is 3.80. The van der Waals surface area contributed by atoms with E-state index >= 15 is 0 Å². The van der Waals surface area contributed by atoms with Crippen molar-refractivity contribution in [2.75, 3.05) is 6.61 Å². The van der Waals surface area contributed by atoms with Gasteiger partial charge in [0.25, 0.3) is 0 Å². The monoisotopic (exact) mass is 232 g/mol. The van der Waals surface area contributed by atoms with Crippen molar-refractivity contribution in [1.29, 1.82) is 0 Å². The van der Waals surface area contributed by atoms with E-state index in [2.05, 4.69) is 4.98 Å². The SMILES string of the molecule is CC(=O)COC(=O)c1cn2c(C)cccc2n1. The Balaban J connectivity index is 2.27. The average Bonchev–Trinajstić information content (AvgIpc) is 2.71. The number of Topliss-reactive ketones (excluding diaryl/α,β-unsaturated/α-hetero) is 1. The van der Waals surface area contributed by atoms with Crippen LogP contribution in [0.2, 0.25) is 0 Å². The number of carbonyl (C=O) groups is 2. The summed E-state index contributed by atoms with van der Waals surface area (Å²) in [5, 5.41) is 0. The van der Waals surface area contributed by atoms with Crippen molar-refractivity contribution in [2.45, 2.75) is 13.8 Å². The first-order valence-electron chi connectivity index (χ1n) is 5.19. The van der Waals surface area contributed by atoms with Gasteiger partial charge in [-0.15, -0.1) is 0 Å². The maximum absolute atomic E-state index is 11.6. The molecule has 0 amide bonds. The van der Waals surface area contributed by atoms with Crippen LogP contribution >= 0.6 is 0 Å². The number of fused-ring (bicyclic) bond motifs is 1. The molecule has 0 radical (unpaired) electrons. The molecule has 2 rings (SSSR count). The lowest BCUT2D eigenvalue weighted by molar-refractivity contribution is -0.120. The van der Waals surface area contributed by atoms with Crippen molar-refractivity contribution >= 4 is 17.4 Å². The van der Waals surface area contributed by atoms with E-state index in [1.54, 1.807) is 16.7 Å². The molecule has 0 saturated carbocycles. The highest BCUT2D eigenvalue weighted by atomic mass is 16.5. The molecule has 5 heteroatoms. The fourth-order valence-electron chi connectivity index (χ4n) is 1.49. The number of aryl methyl sites for hydroxylation is 1. The van der Waals surface area contributed by atoms with Gasteiger partial charge in [-0.3, -0.25) is 4.79 Å². The number of esters is 1. The minimum absolute atomic E-state index is 0.196. The molecule has 0 N–H and O–H groups in total. The van der Waals surface area contributed by atoms with Crippen molar-refractivity contribution in [3.63, 3.8) is 0 Å². The predicted molar refractivity (Wildman–Crippen MR) is 60.9 cm³/mol. The van der Waals surface area contributed by atoms with Crippen LogP contribution in [-0.4, -0.2) is 27.7 Å². The number of ketones is 1. The zero-order chi connectivity index (χ0) is 12.4.